The van der Waals surface area contributed by atoms with Gasteiger partial charge in [-0.05, 0) is 5.56 Å². The van der Waals surface area contributed by atoms with Gasteiger partial charge in [-0.3, -0.25) is 5.10 Å². The van der Waals surface area contributed by atoms with Crippen LogP contribution in [0.3, 0.4) is 0 Å². The lowest BCUT2D eigenvalue weighted by atomic mass is 10.1. The number of aromatic nitrogens is 2. The molecule has 128 valence electrons. The number of H-pyrrole nitrogens is 1. The Bertz CT molecular complexity index is 688. The summed E-state index contributed by atoms with van der Waals surface area (Å²) in [5.41, 5.74) is 0.403. The Hall–Kier alpha value is -2.91. The Kier molecular flexibility index (Phi) is 5.88. The number of carboxylic acids is 1. The molecule has 0 saturated heterocycles. The third-order valence-corrected chi connectivity index (χ3v) is 3.23. The molecule has 0 aliphatic rings. The van der Waals surface area contributed by atoms with Crippen molar-refractivity contribution in [3.05, 3.63) is 53.3 Å². The number of amides is 1. The Morgan fingerprint density at radius 1 is 1.25 bits per heavy atom. The van der Waals surface area contributed by atoms with Crippen molar-refractivity contribution < 1.29 is 29.6 Å². The maximum Gasteiger partial charge on any atom is 0.407 e. The summed E-state index contributed by atoms with van der Waals surface area (Å²) in [6.07, 6.45) is -2.62. The average molecular weight is 335 g/mol. The van der Waals surface area contributed by atoms with Crippen molar-refractivity contribution >= 4 is 12.1 Å². The highest BCUT2D eigenvalue weighted by Gasteiger charge is 2.25. The average Bonchev–Trinajstić information content (AvgIpc) is 3.08. The van der Waals surface area contributed by atoms with Crippen LogP contribution in [0.15, 0.2) is 36.5 Å². The van der Waals surface area contributed by atoms with E-state index in [0.29, 0.717) is 0 Å². The lowest BCUT2D eigenvalue weighted by molar-refractivity contribution is 0.0174. The van der Waals surface area contributed by atoms with Crippen molar-refractivity contribution in [2.24, 2.45) is 0 Å². The molecule has 1 heterocycles. The molecule has 0 aliphatic carbocycles. The highest BCUT2D eigenvalue weighted by Crippen LogP contribution is 2.19. The van der Waals surface area contributed by atoms with Gasteiger partial charge in [0.2, 0.25) is 0 Å². The number of hydrogen-bond acceptors (Lipinski definition) is 6. The summed E-state index contributed by atoms with van der Waals surface area (Å²) in [6.45, 7) is -0.255. The van der Waals surface area contributed by atoms with Crippen LogP contribution in [0, 0.1) is 0 Å². The molecule has 5 N–H and O–H groups in total. The molecule has 0 aliphatic heterocycles. The number of carbonyl (C=O) groups excluding carboxylic acids is 1. The third kappa shape index (κ3) is 4.54. The number of aromatic carboxylic acids is 1. The van der Waals surface area contributed by atoms with Gasteiger partial charge in [0, 0.05) is 12.1 Å². The molecule has 1 aromatic heterocycles. The number of rotatable bonds is 7. The molecule has 24 heavy (non-hydrogen) atoms. The maximum absolute atomic E-state index is 11.6. The zero-order chi connectivity index (χ0) is 17.5. The van der Waals surface area contributed by atoms with E-state index in [1.165, 1.54) is 0 Å². The minimum absolute atomic E-state index is 0.0657. The highest BCUT2D eigenvalue weighted by molar-refractivity contribution is 5.87. The Morgan fingerprint density at radius 2 is 1.96 bits per heavy atom. The van der Waals surface area contributed by atoms with Crippen molar-refractivity contribution in [3.63, 3.8) is 0 Å². The van der Waals surface area contributed by atoms with Gasteiger partial charge < -0.3 is 25.4 Å². The van der Waals surface area contributed by atoms with Gasteiger partial charge in [-0.25, -0.2) is 9.59 Å². The van der Waals surface area contributed by atoms with Crippen LogP contribution in [-0.2, 0) is 11.3 Å². The van der Waals surface area contributed by atoms with E-state index in [1.54, 1.807) is 12.1 Å². The number of alkyl carbamates (subject to hydrolysis) is 1. The third-order valence-electron chi connectivity index (χ3n) is 3.23. The topological polar surface area (TPSA) is 145 Å². The Morgan fingerprint density at radius 3 is 2.62 bits per heavy atom. The van der Waals surface area contributed by atoms with Gasteiger partial charge in [-0.2, -0.15) is 5.10 Å². The van der Waals surface area contributed by atoms with Gasteiger partial charge in [0.1, 0.15) is 24.5 Å². The fourth-order valence-electron chi connectivity index (χ4n) is 1.97. The summed E-state index contributed by atoms with van der Waals surface area (Å²) in [5, 5.41) is 36.8. The number of benzene rings is 1. The number of aliphatic hydroxyl groups excluding tert-OH is 2. The number of aromatic amines is 1. The van der Waals surface area contributed by atoms with E-state index in [9.17, 15) is 19.8 Å². The lowest BCUT2D eigenvalue weighted by Crippen LogP contribution is -2.36. The molecular formula is C15H17N3O6. The molecule has 1 aromatic carbocycles. The van der Waals surface area contributed by atoms with Crippen molar-refractivity contribution in [3.8, 4) is 0 Å². The SMILES string of the molecule is O=C(NCC(O)C(O)c1cn[nH]c1C(=O)O)OCc1ccccc1. The second-order valence-electron chi connectivity index (χ2n) is 4.96. The fourth-order valence-corrected chi connectivity index (χ4v) is 1.97. The number of hydrogen-bond donors (Lipinski definition) is 5. The number of aliphatic hydroxyl groups is 2. The van der Waals surface area contributed by atoms with Crippen LogP contribution in [0.4, 0.5) is 4.79 Å². The normalized spacial score (nSPS) is 13.1. The minimum atomic E-state index is -1.52. The van der Waals surface area contributed by atoms with E-state index >= 15 is 0 Å². The number of carbonyl (C=O) groups is 2. The quantitative estimate of drug-likeness (QED) is 0.493. The van der Waals surface area contributed by atoms with Crippen LogP contribution < -0.4 is 5.32 Å². The van der Waals surface area contributed by atoms with Crippen LogP contribution in [-0.4, -0.2) is 50.2 Å². The van der Waals surface area contributed by atoms with Gasteiger partial charge in [-0.15, -0.1) is 0 Å². The van der Waals surface area contributed by atoms with Crippen LogP contribution in [0.5, 0.6) is 0 Å². The van der Waals surface area contributed by atoms with E-state index in [-0.39, 0.29) is 24.4 Å². The summed E-state index contributed by atoms with van der Waals surface area (Å²) in [5.74, 6) is -1.32. The molecule has 0 bridgehead atoms. The molecule has 2 rings (SSSR count). The first-order valence-corrected chi connectivity index (χ1v) is 7.06. The number of ether oxygens (including phenoxy) is 1. The Labute approximate surface area is 136 Å². The second-order valence-corrected chi connectivity index (χ2v) is 4.96. The van der Waals surface area contributed by atoms with Crippen molar-refractivity contribution in [1.29, 1.82) is 0 Å². The van der Waals surface area contributed by atoms with E-state index in [2.05, 4.69) is 15.5 Å². The van der Waals surface area contributed by atoms with E-state index in [1.807, 2.05) is 18.2 Å². The fraction of sp³-hybridized carbons (Fsp3) is 0.267. The zero-order valence-electron chi connectivity index (χ0n) is 12.5. The molecule has 9 heteroatoms. The van der Waals surface area contributed by atoms with Crippen molar-refractivity contribution in [2.75, 3.05) is 6.54 Å². The van der Waals surface area contributed by atoms with E-state index in [4.69, 9.17) is 9.84 Å². The molecule has 0 spiro atoms. The predicted octanol–water partition coefficient (Wildman–Crippen LogP) is 0.429. The predicted molar refractivity (Wildman–Crippen MR) is 81.1 cm³/mol. The van der Waals surface area contributed by atoms with E-state index < -0.39 is 24.3 Å². The summed E-state index contributed by atoms with van der Waals surface area (Å²) in [7, 11) is 0. The van der Waals surface area contributed by atoms with Gasteiger partial charge >= 0.3 is 12.1 Å². The summed E-state index contributed by atoms with van der Waals surface area (Å²) < 4.78 is 4.96. The minimum Gasteiger partial charge on any atom is -0.477 e. The smallest absolute Gasteiger partial charge is 0.407 e. The Balaban J connectivity index is 1.81. The molecule has 0 saturated carbocycles. The van der Waals surface area contributed by atoms with Crippen molar-refractivity contribution in [1.82, 2.24) is 15.5 Å². The highest BCUT2D eigenvalue weighted by atomic mass is 16.5. The maximum atomic E-state index is 11.6. The second kappa shape index (κ2) is 8.09. The summed E-state index contributed by atoms with van der Waals surface area (Å²) in [6, 6.07) is 9.03. The molecule has 2 aromatic rings. The molecular weight excluding hydrogens is 318 g/mol. The molecule has 2 atom stereocenters. The van der Waals surface area contributed by atoms with Crippen LogP contribution >= 0.6 is 0 Å². The standard InChI is InChI=1S/C15H17N3O6/c19-11(13(20)10-6-17-18-12(10)14(21)22)7-16-15(23)24-8-9-4-2-1-3-5-9/h1-6,11,13,19-20H,7-8H2,(H,16,23)(H,17,18)(H,21,22). The van der Waals surface area contributed by atoms with Crippen molar-refractivity contribution in [2.45, 2.75) is 18.8 Å². The van der Waals surface area contributed by atoms with Gasteiger partial charge in [0.25, 0.3) is 0 Å². The lowest BCUT2D eigenvalue weighted by Gasteiger charge is -2.17. The van der Waals surface area contributed by atoms with Crippen LogP contribution in [0.2, 0.25) is 0 Å². The first-order valence-electron chi connectivity index (χ1n) is 7.06. The monoisotopic (exact) mass is 335 g/mol. The summed E-state index contributed by atoms with van der Waals surface area (Å²) in [4.78, 5) is 22.5. The first kappa shape index (κ1) is 17.4. The molecule has 0 radical (unpaired) electrons. The van der Waals surface area contributed by atoms with Gasteiger partial charge in [-0.1, -0.05) is 30.3 Å². The van der Waals surface area contributed by atoms with E-state index in [0.717, 1.165) is 11.8 Å². The largest absolute Gasteiger partial charge is 0.477 e. The number of carboxylic acid groups (broad SMARTS) is 1. The van der Waals surface area contributed by atoms with Gasteiger partial charge in [0.05, 0.1) is 6.20 Å². The molecule has 2 unspecified atom stereocenters. The summed E-state index contributed by atoms with van der Waals surface area (Å²) >= 11 is 0. The zero-order valence-corrected chi connectivity index (χ0v) is 12.5. The number of nitrogens with zero attached hydrogens (tertiary/aromatic N) is 1. The molecule has 0 fully saturated rings. The molecule has 1 amide bonds. The number of nitrogens with one attached hydrogen (secondary N) is 2. The first-order chi connectivity index (χ1) is 11.5. The van der Waals surface area contributed by atoms with Crippen LogP contribution in [0.25, 0.3) is 0 Å². The van der Waals surface area contributed by atoms with Crippen LogP contribution in [0.1, 0.15) is 27.7 Å². The van der Waals surface area contributed by atoms with Gasteiger partial charge in [0.15, 0.2) is 0 Å². The molecule has 9 nitrogen and oxygen atoms in total.